The third-order valence-electron chi connectivity index (χ3n) is 3.02. The lowest BCUT2D eigenvalue weighted by Crippen LogP contribution is -2.22. The third-order valence-corrected chi connectivity index (χ3v) is 3.02. The first-order valence-corrected chi connectivity index (χ1v) is 6.33. The lowest BCUT2D eigenvalue weighted by atomic mass is 9.96. The van der Waals surface area contributed by atoms with Crippen molar-refractivity contribution in [3.63, 3.8) is 0 Å². The maximum Gasteiger partial charge on any atom is 0.0875 e. The van der Waals surface area contributed by atoms with Gasteiger partial charge in [-0.1, -0.05) is 44.5 Å². The van der Waals surface area contributed by atoms with Crippen LogP contribution in [0.2, 0.25) is 0 Å². The number of aryl methyl sites for hydroxylation is 1. The monoisotopic (exact) mass is 220 g/mol. The first-order chi connectivity index (χ1) is 7.60. The second-order valence-corrected chi connectivity index (χ2v) is 4.76. The Kier molecular flexibility index (Phi) is 5.01. The van der Waals surface area contributed by atoms with E-state index in [-0.39, 0.29) is 5.60 Å². The Morgan fingerprint density at radius 3 is 2.19 bits per heavy atom. The van der Waals surface area contributed by atoms with Crippen LogP contribution in [0.1, 0.15) is 51.7 Å². The van der Waals surface area contributed by atoms with Crippen LogP contribution in [0.4, 0.5) is 0 Å². The summed E-state index contributed by atoms with van der Waals surface area (Å²) in [6.07, 6.45) is 3.42. The van der Waals surface area contributed by atoms with Crippen molar-refractivity contribution in [1.82, 2.24) is 0 Å². The Hall–Kier alpha value is -0.820. The molecule has 0 aliphatic heterocycles. The van der Waals surface area contributed by atoms with Crippen LogP contribution in [0.15, 0.2) is 24.3 Å². The molecule has 0 bridgehead atoms. The number of hydrogen-bond donors (Lipinski definition) is 0. The number of rotatable bonds is 6. The van der Waals surface area contributed by atoms with Crippen molar-refractivity contribution < 1.29 is 4.74 Å². The fraction of sp³-hybridized carbons (Fsp3) is 0.600. The van der Waals surface area contributed by atoms with E-state index in [4.69, 9.17) is 4.74 Å². The van der Waals surface area contributed by atoms with E-state index in [1.165, 1.54) is 17.5 Å². The van der Waals surface area contributed by atoms with Crippen molar-refractivity contribution in [2.24, 2.45) is 0 Å². The lowest BCUT2D eigenvalue weighted by molar-refractivity contribution is -0.0229. The van der Waals surface area contributed by atoms with E-state index in [0.717, 1.165) is 19.4 Å². The van der Waals surface area contributed by atoms with Crippen molar-refractivity contribution in [2.45, 2.75) is 52.6 Å². The molecule has 0 saturated heterocycles. The summed E-state index contributed by atoms with van der Waals surface area (Å²) in [5, 5.41) is 0. The molecule has 1 heteroatoms. The summed E-state index contributed by atoms with van der Waals surface area (Å²) in [6.45, 7) is 9.50. The Labute approximate surface area is 99.8 Å². The van der Waals surface area contributed by atoms with E-state index in [1.807, 2.05) is 0 Å². The van der Waals surface area contributed by atoms with Crippen LogP contribution >= 0.6 is 0 Å². The third kappa shape index (κ3) is 3.64. The van der Waals surface area contributed by atoms with Crippen molar-refractivity contribution in [1.29, 1.82) is 0 Å². The van der Waals surface area contributed by atoms with Gasteiger partial charge in [-0.25, -0.2) is 0 Å². The summed E-state index contributed by atoms with van der Waals surface area (Å²) in [7, 11) is 0. The standard InChI is InChI=1S/C15H24O/c1-5-7-12-16-15(3,4)14-10-8-13(6-2)9-11-14/h8-11H,5-7,12H2,1-4H3. The summed E-state index contributed by atoms with van der Waals surface area (Å²) >= 11 is 0. The minimum Gasteiger partial charge on any atom is -0.371 e. The van der Waals surface area contributed by atoms with Crippen LogP contribution in [0.25, 0.3) is 0 Å². The molecular weight excluding hydrogens is 196 g/mol. The molecule has 0 saturated carbocycles. The van der Waals surface area contributed by atoms with Crippen molar-refractivity contribution in [2.75, 3.05) is 6.61 Å². The maximum absolute atomic E-state index is 5.93. The fourth-order valence-electron chi connectivity index (χ4n) is 1.70. The van der Waals surface area contributed by atoms with Gasteiger partial charge in [-0.15, -0.1) is 0 Å². The summed E-state index contributed by atoms with van der Waals surface area (Å²) in [4.78, 5) is 0. The van der Waals surface area contributed by atoms with Gasteiger partial charge in [0, 0.05) is 6.61 Å². The molecule has 0 atom stereocenters. The molecule has 0 spiro atoms. The molecule has 0 amide bonds. The second kappa shape index (κ2) is 6.05. The molecule has 0 aliphatic carbocycles. The van der Waals surface area contributed by atoms with Crippen LogP contribution in [0.5, 0.6) is 0 Å². The highest BCUT2D eigenvalue weighted by atomic mass is 16.5. The SMILES string of the molecule is CCCCOC(C)(C)c1ccc(CC)cc1. The minimum absolute atomic E-state index is 0.165. The zero-order valence-electron chi connectivity index (χ0n) is 11.0. The Morgan fingerprint density at radius 2 is 1.69 bits per heavy atom. The topological polar surface area (TPSA) is 9.23 Å². The molecule has 1 aromatic carbocycles. The second-order valence-electron chi connectivity index (χ2n) is 4.76. The lowest BCUT2D eigenvalue weighted by Gasteiger charge is -2.26. The van der Waals surface area contributed by atoms with Crippen LogP contribution in [-0.4, -0.2) is 6.61 Å². The molecule has 1 nitrogen and oxygen atoms in total. The molecule has 0 radical (unpaired) electrons. The van der Waals surface area contributed by atoms with Crippen LogP contribution in [0, 0.1) is 0 Å². The minimum atomic E-state index is -0.165. The molecule has 16 heavy (non-hydrogen) atoms. The van der Waals surface area contributed by atoms with Gasteiger partial charge < -0.3 is 4.74 Å². The van der Waals surface area contributed by atoms with Crippen LogP contribution in [0.3, 0.4) is 0 Å². The number of benzene rings is 1. The van der Waals surface area contributed by atoms with Gasteiger partial charge in [0.1, 0.15) is 0 Å². The first kappa shape index (κ1) is 13.2. The Morgan fingerprint density at radius 1 is 1.06 bits per heavy atom. The van der Waals surface area contributed by atoms with Gasteiger partial charge in [0.15, 0.2) is 0 Å². The number of unbranched alkanes of at least 4 members (excludes halogenated alkanes) is 1. The fourth-order valence-corrected chi connectivity index (χ4v) is 1.70. The predicted octanol–water partition coefficient (Wildman–Crippen LogP) is 4.30. The van der Waals surface area contributed by atoms with E-state index in [1.54, 1.807) is 0 Å². The highest BCUT2D eigenvalue weighted by molar-refractivity contribution is 5.26. The van der Waals surface area contributed by atoms with Crippen molar-refractivity contribution in [3.05, 3.63) is 35.4 Å². The molecule has 0 heterocycles. The molecule has 1 aromatic rings. The van der Waals surface area contributed by atoms with Gasteiger partial charge in [0.25, 0.3) is 0 Å². The van der Waals surface area contributed by atoms with Gasteiger partial charge in [0.2, 0.25) is 0 Å². The molecule has 0 aliphatic rings. The summed E-state index contributed by atoms with van der Waals surface area (Å²) in [6, 6.07) is 8.76. The van der Waals surface area contributed by atoms with E-state index in [9.17, 15) is 0 Å². The first-order valence-electron chi connectivity index (χ1n) is 6.33. The predicted molar refractivity (Wildman–Crippen MR) is 69.7 cm³/mol. The zero-order valence-corrected chi connectivity index (χ0v) is 11.0. The van der Waals surface area contributed by atoms with E-state index in [0.29, 0.717) is 0 Å². The largest absolute Gasteiger partial charge is 0.371 e. The Balaban J connectivity index is 2.65. The zero-order chi connectivity index (χ0) is 12.0. The van der Waals surface area contributed by atoms with Gasteiger partial charge >= 0.3 is 0 Å². The molecule has 0 N–H and O–H groups in total. The molecule has 0 unspecified atom stereocenters. The smallest absolute Gasteiger partial charge is 0.0875 e. The van der Waals surface area contributed by atoms with Crippen LogP contribution < -0.4 is 0 Å². The molecule has 90 valence electrons. The summed E-state index contributed by atoms with van der Waals surface area (Å²) in [5.74, 6) is 0. The average Bonchev–Trinajstić information content (AvgIpc) is 2.29. The molecule has 0 fully saturated rings. The number of ether oxygens (including phenoxy) is 1. The molecule has 1 rings (SSSR count). The van der Waals surface area contributed by atoms with Crippen LogP contribution in [-0.2, 0) is 16.8 Å². The maximum atomic E-state index is 5.93. The highest BCUT2D eigenvalue weighted by Crippen LogP contribution is 2.25. The van der Waals surface area contributed by atoms with E-state index < -0.39 is 0 Å². The van der Waals surface area contributed by atoms with E-state index in [2.05, 4.69) is 52.0 Å². The summed E-state index contributed by atoms with van der Waals surface area (Å²) < 4.78 is 5.93. The average molecular weight is 220 g/mol. The van der Waals surface area contributed by atoms with Gasteiger partial charge in [-0.05, 0) is 37.8 Å². The normalized spacial score (nSPS) is 11.8. The van der Waals surface area contributed by atoms with Gasteiger partial charge in [-0.3, -0.25) is 0 Å². The number of hydrogen-bond acceptors (Lipinski definition) is 1. The van der Waals surface area contributed by atoms with Gasteiger partial charge in [-0.2, -0.15) is 0 Å². The van der Waals surface area contributed by atoms with Crippen molar-refractivity contribution >= 4 is 0 Å². The van der Waals surface area contributed by atoms with Gasteiger partial charge in [0.05, 0.1) is 5.60 Å². The Bertz CT molecular complexity index is 298. The highest BCUT2D eigenvalue weighted by Gasteiger charge is 2.20. The summed E-state index contributed by atoms with van der Waals surface area (Å²) in [5.41, 5.74) is 2.48. The quantitative estimate of drug-likeness (QED) is 0.649. The van der Waals surface area contributed by atoms with E-state index >= 15 is 0 Å². The molecule has 0 aromatic heterocycles. The molecular formula is C15H24O. The van der Waals surface area contributed by atoms with Crippen molar-refractivity contribution in [3.8, 4) is 0 Å².